The van der Waals surface area contributed by atoms with E-state index in [0.29, 0.717) is 6.54 Å². The van der Waals surface area contributed by atoms with E-state index in [1.165, 1.54) is 0 Å². The molecule has 1 aliphatic rings. The lowest BCUT2D eigenvalue weighted by atomic mass is 9.99. The maximum Gasteiger partial charge on any atom is 0.100 e. The Morgan fingerprint density at radius 2 is 2.20 bits per heavy atom. The van der Waals surface area contributed by atoms with E-state index in [1.54, 1.807) is 0 Å². The molecule has 10 heavy (non-hydrogen) atoms. The fourth-order valence-corrected chi connectivity index (χ4v) is 1.25. The Kier molecular flexibility index (Phi) is 2.65. The summed E-state index contributed by atoms with van der Waals surface area (Å²) in [5.74, 6) is 0. The summed E-state index contributed by atoms with van der Waals surface area (Å²) >= 11 is 0. The molecule has 0 aliphatic carbocycles. The minimum Gasteiger partial charge on any atom is -0.393 e. The molecular weight excluding hydrogens is 130 g/mol. The van der Waals surface area contributed by atoms with Gasteiger partial charge in [-0.1, -0.05) is 0 Å². The van der Waals surface area contributed by atoms with Crippen LogP contribution in [0.15, 0.2) is 0 Å². The SMILES string of the molecule is OCC1(O)CCCCNC1. The van der Waals surface area contributed by atoms with E-state index in [4.69, 9.17) is 5.11 Å². The molecule has 0 aromatic heterocycles. The molecule has 3 heteroatoms. The van der Waals surface area contributed by atoms with Crippen molar-refractivity contribution in [3.05, 3.63) is 0 Å². The molecule has 3 nitrogen and oxygen atoms in total. The van der Waals surface area contributed by atoms with Gasteiger partial charge in [0.1, 0.15) is 5.60 Å². The molecule has 0 spiro atoms. The normalized spacial score (nSPS) is 35.4. The molecule has 0 saturated carbocycles. The first-order chi connectivity index (χ1) is 4.77. The maximum absolute atomic E-state index is 9.55. The second-order valence-corrected chi connectivity index (χ2v) is 3.02. The van der Waals surface area contributed by atoms with Crippen LogP contribution in [-0.4, -0.2) is 35.5 Å². The summed E-state index contributed by atoms with van der Waals surface area (Å²) in [6.45, 7) is 1.37. The molecule has 0 amide bonds. The van der Waals surface area contributed by atoms with Gasteiger partial charge in [-0.2, -0.15) is 0 Å². The van der Waals surface area contributed by atoms with Crippen LogP contribution in [0.5, 0.6) is 0 Å². The summed E-state index contributed by atoms with van der Waals surface area (Å²) < 4.78 is 0. The van der Waals surface area contributed by atoms with E-state index in [-0.39, 0.29) is 6.61 Å². The van der Waals surface area contributed by atoms with E-state index in [9.17, 15) is 5.11 Å². The van der Waals surface area contributed by atoms with Gasteiger partial charge in [0.15, 0.2) is 0 Å². The zero-order valence-corrected chi connectivity index (χ0v) is 6.14. The molecule has 1 saturated heterocycles. The molecule has 0 aromatic carbocycles. The summed E-state index contributed by atoms with van der Waals surface area (Å²) in [5, 5.41) is 21.4. The Morgan fingerprint density at radius 3 is 2.90 bits per heavy atom. The van der Waals surface area contributed by atoms with E-state index in [1.807, 2.05) is 0 Å². The Hall–Kier alpha value is -0.120. The summed E-state index contributed by atoms with van der Waals surface area (Å²) in [7, 11) is 0. The predicted molar refractivity (Wildman–Crippen MR) is 38.8 cm³/mol. The summed E-state index contributed by atoms with van der Waals surface area (Å²) in [6.07, 6.45) is 2.82. The van der Waals surface area contributed by atoms with Crippen LogP contribution in [0.4, 0.5) is 0 Å². The standard InChI is InChI=1S/C7H15NO2/c9-6-7(10)3-1-2-4-8-5-7/h8-10H,1-6H2. The molecule has 3 N–H and O–H groups in total. The average Bonchev–Trinajstić information content (AvgIpc) is 2.15. The van der Waals surface area contributed by atoms with E-state index in [2.05, 4.69) is 5.32 Å². The summed E-state index contributed by atoms with van der Waals surface area (Å²) in [4.78, 5) is 0. The molecular formula is C7H15NO2. The number of nitrogens with one attached hydrogen (secondary N) is 1. The van der Waals surface area contributed by atoms with Crippen molar-refractivity contribution in [2.24, 2.45) is 0 Å². The van der Waals surface area contributed by atoms with Gasteiger partial charge in [0, 0.05) is 6.54 Å². The fraction of sp³-hybridized carbons (Fsp3) is 1.00. The zero-order chi connectivity index (χ0) is 7.45. The molecule has 1 rings (SSSR count). The van der Waals surface area contributed by atoms with Crippen LogP contribution in [0.1, 0.15) is 19.3 Å². The molecule has 1 fully saturated rings. The van der Waals surface area contributed by atoms with Crippen molar-refractivity contribution >= 4 is 0 Å². The molecule has 60 valence electrons. The van der Waals surface area contributed by atoms with Gasteiger partial charge in [-0.05, 0) is 25.8 Å². The molecule has 1 unspecified atom stereocenters. The van der Waals surface area contributed by atoms with Crippen LogP contribution in [0.25, 0.3) is 0 Å². The van der Waals surface area contributed by atoms with Gasteiger partial charge in [-0.15, -0.1) is 0 Å². The monoisotopic (exact) mass is 145 g/mol. The van der Waals surface area contributed by atoms with E-state index in [0.717, 1.165) is 25.8 Å². The van der Waals surface area contributed by atoms with Crippen LogP contribution in [0, 0.1) is 0 Å². The number of hydrogen-bond donors (Lipinski definition) is 3. The highest BCUT2D eigenvalue weighted by atomic mass is 16.3. The van der Waals surface area contributed by atoms with Crippen molar-refractivity contribution in [3.63, 3.8) is 0 Å². The average molecular weight is 145 g/mol. The third-order valence-electron chi connectivity index (χ3n) is 1.99. The Bertz CT molecular complexity index is 97.8. The first kappa shape index (κ1) is 7.98. The first-order valence-corrected chi connectivity index (χ1v) is 3.81. The third-order valence-corrected chi connectivity index (χ3v) is 1.99. The van der Waals surface area contributed by atoms with Crippen LogP contribution in [0.3, 0.4) is 0 Å². The number of aliphatic hydroxyl groups excluding tert-OH is 1. The van der Waals surface area contributed by atoms with Crippen molar-refractivity contribution in [1.29, 1.82) is 0 Å². The number of hydrogen-bond acceptors (Lipinski definition) is 3. The molecule has 1 aliphatic heterocycles. The van der Waals surface area contributed by atoms with Crippen molar-refractivity contribution in [2.45, 2.75) is 24.9 Å². The lowest BCUT2D eigenvalue weighted by molar-refractivity contribution is -0.0163. The first-order valence-electron chi connectivity index (χ1n) is 3.81. The van der Waals surface area contributed by atoms with Gasteiger partial charge in [0.25, 0.3) is 0 Å². The molecule has 1 atom stereocenters. The number of aliphatic hydroxyl groups is 2. The summed E-state index contributed by atoms with van der Waals surface area (Å²) in [5.41, 5.74) is -0.851. The lowest BCUT2D eigenvalue weighted by Gasteiger charge is -2.23. The van der Waals surface area contributed by atoms with Gasteiger partial charge in [-0.25, -0.2) is 0 Å². The van der Waals surface area contributed by atoms with Crippen LogP contribution in [0.2, 0.25) is 0 Å². The second kappa shape index (κ2) is 3.32. The molecule has 0 bridgehead atoms. The van der Waals surface area contributed by atoms with Gasteiger partial charge < -0.3 is 15.5 Å². The van der Waals surface area contributed by atoms with Gasteiger partial charge in [0.2, 0.25) is 0 Å². The summed E-state index contributed by atoms with van der Waals surface area (Å²) in [6, 6.07) is 0. The molecule has 1 heterocycles. The lowest BCUT2D eigenvalue weighted by Crippen LogP contribution is -2.42. The fourth-order valence-electron chi connectivity index (χ4n) is 1.25. The van der Waals surface area contributed by atoms with Crippen molar-refractivity contribution in [1.82, 2.24) is 5.32 Å². The van der Waals surface area contributed by atoms with Crippen molar-refractivity contribution < 1.29 is 10.2 Å². The van der Waals surface area contributed by atoms with E-state index < -0.39 is 5.60 Å². The number of rotatable bonds is 1. The van der Waals surface area contributed by atoms with Gasteiger partial charge >= 0.3 is 0 Å². The predicted octanol–water partition coefficient (Wildman–Crippen LogP) is -0.517. The zero-order valence-electron chi connectivity index (χ0n) is 6.14. The Morgan fingerprint density at radius 1 is 1.40 bits per heavy atom. The minimum atomic E-state index is -0.851. The number of β-amino-alcohol motifs (C(OH)–C–C–N with tert-alkyl or cyclic N) is 1. The highest BCUT2D eigenvalue weighted by molar-refractivity contribution is 4.82. The quantitative estimate of drug-likeness (QED) is 0.465. The largest absolute Gasteiger partial charge is 0.393 e. The van der Waals surface area contributed by atoms with Gasteiger partial charge in [0.05, 0.1) is 6.61 Å². The third kappa shape index (κ3) is 1.94. The van der Waals surface area contributed by atoms with Crippen LogP contribution < -0.4 is 5.32 Å². The molecule has 0 aromatic rings. The second-order valence-electron chi connectivity index (χ2n) is 3.02. The highest BCUT2D eigenvalue weighted by Gasteiger charge is 2.26. The van der Waals surface area contributed by atoms with Crippen molar-refractivity contribution in [3.8, 4) is 0 Å². The van der Waals surface area contributed by atoms with Crippen molar-refractivity contribution in [2.75, 3.05) is 19.7 Å². The van der Waals surface area contributed by atoms with Crippen LogP contribution >= 0.6 is 0 Å². The van der Waals surface area contributed by atoms with E-state index >= 15 is 0 Å². The highest BCUT2D eigenvalue weighted by Crippen LogP contribution is 2.14. The Labute approximate surface area is 61.1 Å². The molecule has 0 radical (unpaired) electrons. The smallest absolute Gasteiger partial charge is 0.100 e. The van der Waals surface area contributed by atoms with Gasteiger partial charge in [-0.3, -0.25) is 0 Å². The minimum absolute atomic E-state index is 0.125. The topological polar surface area (TPSA) is 52.5 Å². The Balaban J connectivity index is 2.41. The van der Waals surface area contributed by atoms with Crippen LogP contribution in [-0.2, 0) is 0 Å². The maximum atomic E-state index is 9.55.